The quantitative estimate of drug-likeness (QED) is 0.776. The van der Waals surface area contributed by atoms with Crippen molar-refractivity contribution >= 4 is 6.09 Å². The largest absolute Gasteiger partial charge is 0.473 e. The molecule has 3 unspecified atom stereocenters. The maximum absolute atomic E-state index is 14.4. The van der Waals surface area contributed by atoms with E-state index in [0.717, 1.165) is 5.56 Å². The van der Waals surface area contributed by atoms with Gasteiger partial charge in [0.1, 0.15) is 24.4 Å². The number of alkyl halides is 1. The van der Waals surface area contributed by atoms with Gasteiger partial charge in [-0.15, -0.1) is 0 Å². The van der Waals surface area contributed by atoms with Crippen LogP contribution in [0.3, 0.4) is 0 Å². The Hall–Kier alpha value is -2.81. The van der Waals surface area contributed by atoms with Gasteiger partial charge in [-0.2, -0.15) is 0 Å². The van der Waals surface area contributed by atoms with Crippen LogP contribution in [-0.4, -0.2) is 63.5 Å². The molecule has 2 aromatic rings. The molecule has 2 N–H and O–H groups in total. The van der Waals surface area contributed by atoms with Crippen molar-refractivity contribution in [3.63, 3.8) is 0 Å². The van der Waals surface area contributed by atoms with E-state index in [1.165, 1.54) is 18.5 Å². The summed E-state index contributed by atoms with van der Waals surface area (Å²) in [7, 11) is 0. The third kappa shape index (κ3) is 4.84. The lowest BCUT2D eigenvalue weighted by Gasteiger charge is -2.40. The van der Waals surface area contributed by atoms with Crippen molar-refractivity contribution < 1.29 is 23.4 Å². The maximum atomic E-state index is 14.4. The summed E-state index contributed by atoms with van der Waals surface area (Å²) in [5.41, 5.74) is 1.00. The number of amides is 1. The molecule has 5 atom stereocenters. The molecule has 30 heavy (non-hydrogen) atoms. The van der Waals surface area contributed by atoms with Crippen LogP contribution < -0.4 is 10.1 Å². The Balaban J connectivity index is 1.55. The standard InChI is InChI=1S/C21H24F2N4O3/c22-15-3-1-13(2-4-15)14-7-18(19(8-14)30-20-5-6-24-12-25-20)27-10-16(23)9-17(11-27)26-21(28)29/h1-6,12,14,16-19,26H,7-11H2,(H,28,29)/t14?,16-,17-,18?,19?/m1/s1. The van der Waals surface area contributed by atoms with E-state index in [9.17, 15) is 13.6 Å². The van der Waals surface area contributed by atoms with E-state index in [2.05, 4.69) is 15.3 Å². The lowest BCUT2D eigenvalue weighted by molar-refractivity contribution is 0.0314. The van der Waals surface area contributed by atoms with E-state index in [-0.39, 0.29) is 36.8 Å². The minimum absolute atomic E-state index is 0.119. The summed E-state index contributed by atoms with van der Waals surface area (Å²) in [5, 5.41) is 11.5. The Bertz CT molecular complexity index is 855. The number of ether oxygens (including phenoxy) is 1. The lowest BCUT2D eigenvalue weighted by Crippen LogP contribution is -2.56. The molecule has 1 aromatic carbocycles. The number of rotatable bonds is 5. The van der Waals surface area contributed by atoms with Gasteiger partial charge < -0.3 is 15.2 Å². The molecular weight excluding hydrogens is 394 g/mol. The van der Waals surface area contributed by atoms with Crippen LogP contribution in [0.15, 0.2) is 42.9 Å². The SMILES string of the molecule is O=C(O)N[C@@H]1C[C@@H](F)CN(C2CC(c3ccc(F)cc3)CC2Oc2ccncn2)C1. The fourth-order valence-corrected chi connectivity index (χ4v) is 4.62. The highest BCUT2D eigenvalue weighted by Gasteiger charge is 2.43. The second-order valence-electron chi connectivity index (χ2n) is 7.92. The van der Waals surface area contributed by atoms with E-state index in [1.54, 1.807) is 24.4 Å². The van der Waals surface area contributed by atoms with Gasteiger partial charge in [-0.05, 0) is 36.5 Å². The van der Waals surface area contributed by atoms with Gasteiger partial charge in [0.25, 0.3) is 0 Å². The minimum atomic E-state index is -1.15. The highest BCUT2D eigenvalue weighted by atomic mass is 19.1. The average molecular weight is 418 g/mol. The zero-order valence-electron chi connectivity index (χ0n) is 16.3. The Morgan fingerprint density at radius 3 is 2.67 bits per heavy atom. The van der Waals surface area contributed by atoms with E-state index in [4.69, 9.17) is 9.84 Å². The monoisotopic (exact) mass is 418 g/mol. The number of halogens is 2. The smallest absolute Gasteiger partial charge is 0.404 e. The van der Waals surface area contributed by atoms with Crippen molar-refractivity contribution in [3.05, 3.63) is 54.2 Å². The molecule has 2 fully saturated rings. The second kappa shape index (κ2) is 8.91. The van der Waals surface area contributed by atoms with Crippen LogP contribution in [0.5, 0.6) is 5.88 Å². The van der Waals surface area contributed by atoms with Crippen molar-refractivity contribution in [1.29, 1.82) is 0 Å². The molecule has 2 heterocycles. The fraction of sp³-hybridized carbons (Fsp3) is 0.476. The molecule has 0 bridgehead atoms. The third-order valence-electron chi connectivity index (χ3n) is 5.86. The summed E-state index contributed by atoms with van der Waals surface area (Å²) in [6, 6.07) is 7.50. The normalized spacial score (nSPS) is 29.5. The van der Waals surface area contributed by atoms with E-state index in [0.29, 0.717) is 25.3 Å². The number of piperidine rings is 1. The third-order valence-corrected chi connectivity index (χ3v) is 5.86. The van der Waals surface area contributed by atoms with Crippen LogP contribution in [-0.2, 0) is 0 Å². The topological polar surface area (TPSA) is 87.6 Å². The summed E-state index contributed by atoms with van der Waals surface area (Å²) < 4.78 is 33.9. The molecule has 160 valence electrons. The highest BCUT2D eigenvalue weighted by molar-refractivity contribution is 5.64. The molecular formula is C21H24F2N4O3. The van der Waals surface area contributed by atoms with Gasteiger partial charge in [-0.3, -0.25) is 4.90 Å². The molecule has 1 aromatic heterocycles. The van der Waals surface area contributed by atoms with Gasteiger partial charge in [0.05, 0.1) is 0 Å². The number of carbonyl (C=O) groups is 1. The van der Waals surface area contributed by atoms with Gasteiger partial charge in [-0.1, -0.05) is 12.1 Å². The number of aromatic nitrogens is 2. The highest BCUT2D eigenvalue weighted by Crippen LogP contribution is 2.40. The molecule has 1 aliphatic carbocycles. The first-order chi connectivity index (χ1) is 14.5. The van der Waals surface area contributed by atoms with Gasteiger partial charge in [-0.25, -0.2) is 23.5 Å². The summed E-state index contributed by atoms with van der Waals surface area (Å²) in [6.45, 7) is 0.638. The molecule has 1 aliphatic heterocycles. The summed E-state index contributed by atoms with van der Waals surface area (Å²) in [4.78, 5) is 21.1. The molecule has 0 radical (unpaired) electrons. The molecule has 9 heteroatoms. The van der Waals surface area contributed by atoms with Crippen LogP contribution >= 0.6 is 0 Å². The van der Waals surface area contributed by atoms with E-state index in [1.807, 2.05) is 4.90 Å². The maximum Gasteiger partial charge on any atom is 0.404 e. The van der Waals surface area contributed by atoms with Crippen LogP contribution in [0.1, 0.15) is 30.7 Å². The molecule has 7 nitrogen and oxygen atoms in total. The van der Waals surface area contributed by atoms with Crippen molar-refractivity contribution in [2.24, 2.45) is 0 Å². The summed E-state index contributed by atoms with van der Waals surface area (Å²) in [5.74, 6) is 0.267. The molecule has 4 rings (SSSR count). The van der Waals surface area contributed by atoms with Gasteiger partial charge in [0.15, 0.2) is 0 Å². The van der Waals surface area contributed by atoms with Gasteiger partial charge >= 0.3 is 6.09 Å². The number of hydrogen-bond acceptors (Lipinski definition) is 5. The Kier molecular flexibility index (Phi) is 6.08. The number of nitrogens with one attached hydrogen (secondary N) is 1. The predicted octanol–water partition coefficient (Wildman–Crippen LogP) is 2.99. The van der Waals surface area contributed by atoms with Crippen molar-refractivity contribution in [3.8, 4) is 5.88 Å². The van der Waals surface area contributed by atoms with Crippen LogP contribution in [0.4, 0.5) is 13.6 Å². The molecule has 0 spiro atoms. The zero-order chi connectivity index (χ0) is 21.1. The van der Waals surface area contributed by atoms with E-state index < -0.39 is 18.3 Å². The Labute approximate surface area is 173 Å². The first kappa shape index (κ1) is 20.5. The average Bonchev–Trinajstić information content (AvgIpc) is 3.12. The molecule has 1 saturated carbocycles. The van der Waals surface area contributed by atoms with Crippen LogP contribution in [0, 0.1) is 5.82 Å². The molecule has 2 aliphatic rings. The number of nitrogens with zero attached hydrogens (tertiary/aromatic N) is 3. The Morgan fingerprint density at radius 2 is 1.97 bits per heavy atom. The number of likely N-dealkylation sites (tertiary alicyclic amines) is 1. The second-order valence-corrected chi connectivity index (χ2v) is 7.92. The van der Waals surface area contributed by atoms with Crippen LogP contribution in [0.25, 0.3) is 0 Å². The number of benzene rings is 1. The fourth-order valence-electron chi connectivity index (χ4n) is 4.62. The summed E-state index contributed by atoms with van der Waals surface area (Å²) >= 11 is 0. The summed E-state index contributed by atoms with van der Waals surface area (Å²) in [6.07, 6.45) is 1.99. The molecule has 1 amide bonds. The van der Waals surface area contributed by atoms with E-state index >= 15 is 0 Å². The zero-order valence-corrected chi connectivity index (χ0v) is 16.3. The van der Waals surface area contributed by atoms with Crippen molar-refractivity contribution in [2.45, 2.75) is 49.5 Å². The molecule has 1 saturated heterocycles. The number of hydrogen-bond donors (Lipinski definition) is 2. The predicted molar refractivity (Wildman–Crippen MR) is 105 cm³/mol. The van der Waals surface area contributed by atoms with Gasteiger partial charge in [0, 0.05) is 43.9 Å². The lowest BCUT2D eigenvalue weighted by atomic mass is 9.96. The first-order valence-electron chi connectivity index (χ1n) is 10.0. The van der Waals surface area contributed by atoms with Gasteiger partial charge in [0.2, 0.25) is 5.88 Å². The minimum Gasteiger partial charge on any atom is -0.473 e. The first-order valence-corrected chi connectivity index (χ1v) is 10.0. The number of carboxylic acid groups (broad SMARTS) is 1. The Morgan fingerprint density at radius 1 is 1.17 bits per heavy atom. The van der Waals surface area contributed by atoms with Crippen molar-refractivity contribution in [1.82, 2.24) is 20.2 Å². The van der Waals surface area contributed by atoms with Crippen molar-refractivity contribution in [2.75, 3.05) is 13.1 Å². The van der Waals surface area contributed by atoms with Crippen LogP contribution in [0.2, 0.25) is 0 Å².